The van der Waals surface area contributed by atoms with Crippen LogP contribution in [0.4, 0.5) is 4.39 Å². The number of halogens is 1. The third kappa shape index (κ3) is 3.49. The van der Waals surface area contributed by atoms with E-state index in [1.807, 2.05) is 5.38 Å². The molecule has 1 N–H and O–H groups in total. The van der Waals surface area contributed by atoms with Gasteiger partial charge in [-0.2, -0.15) is 0 Å². The summed E-state index contributed by atoms with van der Waals surface area (Å²) in [5.41, 5.74) is 0.949. The van der Waals surface area contributed by atoms with E-state index in [1.165, 1.54) is 40.2 Å². The van der Waals surface area contributed by atoms with Crippen LogP contribution in [0.25, 0.3) is 15.9 Å². The molecule has 0 aliphatic heterocycles. The molecule has 0 fully saturated rings. The van der Waals surface area contributed by atoms with Gasteiger partial charge in [0.1, 0.15) is 10.6 Å². The zero-order chi connectivity index (χ0) is 18.0. The van der Waals surface area contributed by atoms with Gasteiger partial charge in [-0.1, -0.05) is 17.8 Å². The molecule has 0 spiro atoms. The molecule has 2 aromatic heterocycles. The van der Waals surface area contributed by atoms with E-state index >= 15 is 0 Å². The van der Waals surface area contributed by atoms with Crippen LogP contribution in [0.2, 0.25) is 0 Å². The molecule has 5 nitrogen and oxygen atoms in total. The molecule has 0 radical (unpaired) electrons. The van der Waals surface area contributed by atoms with E-state index in [0.29, 0.717) is 22.3 Å². The Morgan fingerprint density at radius 2 is 2.12 bits per heavy atom. The highest BCUT2D eigenvalue weighted by molar-refractivity contribution is 7.99. The second-order valence-electron chi connectivity index (χ2n) is 5.13. The number of hydrogen-bond acceptors (Lipinski definition) is 5. The number of nitrogens with zero attached hydrogens (tertiary/aromatic N) is 2. The van der Waals surface area contributed by atoms with E-state index < -0.39 is 11.8 Å². The summed E-state index contributed by atoms with van der Waals surface area (Å²) in [5.74, 6) is -1.67. The molecule has 1 aromatic carbocycles. The maximum atomic E-state index is 13.2. The quantitative estimate of drug-likeness (QED) is 0.405. The van der Waals surface area contributed by atoms with E-state index in [-0.39, 0.29) is 16.5 Å². The number of carboxylic acid groups (broad SMARTS) is 1. The highest BCUT2D eigenvalue weighted by Gasteiger charge is 2.18. The van der Waals surface area contributed by atoms with Crippen LogP contribution in [0.15, 0.2) is 52.3 Å². The molecular weight excluding hydrogens is 363 g/mol. The van der Waals surface area contributed by atoms with Gasteiger partial charge < -0.3 is 5.11 Å². The standard InChI is InChI=1S/C17H13FN2O3S2/c1-2-3-10-8-24-15-14(10)16(23)20(12-6-4-11(18)5-7-12)17(19-15)25-9-13(21)22/h2,4-8H,1,3,9H2,(H,21,22). The first-order valence-electron chi connectivity index (χ1n) is 7.26. The van der Waals surface area contributed by atoms with Crippen LogP contribution in [0.1, 0.15) is 5.56 Å². The van der Waals surface area contributed by atoms with Gasteiger partial charge in [-0.25, -0.2) is 9.37 Å². The van der Waals surface area contributed by atoms with Crippen molar-refractivity contribution in [2.45, 2.75) is 11.6 Å². The van der Waals surface area contributed by atoms with Gasteiger partial charge in [0.25, 0.3) is 5.56 Å². The minimum absolute atomic E-state index is 0.232. The Balaban J connectivity index is 2.26. The molecule has 3 rings (SSSR count). The summed E-state index contributed by atoms with van der Waals surface area (Å²) in [6.45, 7) is 3.69. The fourth-order valence-corrected chi connectivity index (χ4v) is 4.10. The van der Waals surface area contributed by atoms with E-state index in [1.54, 1.807) is 6.08 Å². The number of carboxylic acids is 1. The number of benzene rings is 1. The molecule has 2 heterocycles. The van der Waals surface area contributed by atoms with Crippen LogP contribution in [0, 0.1) is 5.82 Å². The second-order valence-corrected chi connectivity index (χ2v) is 6.93. The average Bonchev–Trinajstić information content (AvgIpc) is 2.98. The molecule has 0 amide bonds. The topological polar surface area (TPSA) is 72.2 Å². The highest BCUT2D eigenvalue weighted by atomic mass is 32.2. The number of hydrogen-bond donors (Lipinski definition) is 1. The SMILES string of the molecule is C=CCc1csc2nc(SCC(=O)O)n(-c3ccc(F)cc3)c(=O)c12. The van der Waals surface area contributed by atoms with Crippen molar-refractivity contribution in [3.8, 4) is 5.69 Å². The lowest BCUT2D eigenvalue weighted by molar-refractivity contribution is -0.133. The summed E-state index contributed by atoms with van der Waals surface area (Å²) in [7, 11) is 0. The van der Waals surface area contributed by atoms with Gasteiger partial charge in [0.15, 0.2) is 5.16 Å². The molecule has 128 valence electrons. The van der Waals surface area contributed by atoms with Crippen LogP contribution in [0.3, 0.4) is 0 Å². The Kier molecular flexibility index (Phi) is 5.00. The smallest absolute Gasteiger partial charge is 0.313 e. The Labute approximate surface area is 150 Å². The van der Waals surface area contributed by atoms with E-state index in [4.69, 9.17) is 5.11 Å². The van der Waals surface area contributed by atoms with Gasteiger partial charge in [0.2, 0.25) is 0 Å². The van der Waals surface area contributed by atoms with Crippen molar-refractivity contribution < 1.29 is 14.3 Å². The Bertz CT molecular complexity index is 1010. The number of carbonyl (C=O) groups is 1. The molecule has 0 saturated heterocycles. The molecule has 0 aliphatic carbocycles. The van der Waals surface area contributed by atoms with Gasteiger partial charge in [-0.3, -0.25) is 14.2 Å². The van der Waals surface area contributed by atoms with Crippen LogP contribution >= 0.6 is 23.1 Å². The summed E-state index contributed by atoms with van der Waals surface area (Å²) < 4.78 is 14.6. The minimum atomic E-state index is -1.01. The van der Waals surface area contributed by atoms with Crippen LogP contribution in [-0.2, 0) is 11.2 Å². The van der Waals surface area contributed by atoms with E-state index in [0.717, 1.165) is 17.3 Å². The predicted molar refractivity (Wildman–Crippen MR) is 97.4 cm³/mol. The van der Waals surface area contributed by atoms with Crippen molar-refractivity contribution in [3.05, 3.63) is 64.0 Å². The van der Waals surface area contributed by atoms with Crippen molar-refractivity contribution >= 4 is 39.3 Å². The maximum absolute atomic E-state index is 13.2. The molecule has 0 aliphatic rings. The monoisotopic (exact) mass is 376 g/mol. The average molecular weight is 376 g/mol. The summed E-state index contributed by atoms with van der Waals surface area (Å²) >= 11 is 2.28. The third-order valence-electron chi connectivity index (χ3n) is 3.43. The fraction of sp³-hybridized carbons (Fsp3) is 0.118. The summed E-state index contributed by atoms with van der Waals surface area (Å²) in [5, 5.41) is 11.5. The molecule has 0 saturated carbocycles. The lowest BCUT2D eigenvalue weighted by Crippen LogP contribution is -2.22. The highest BCUT2D eigenvalue weighted by Crippen LogP contribution is 2.27. The number of thiophene rings is 1. The summed E-state index contributed by atoms with van der Waals surface area (Å²) in [4.78, 5) is 29.0. The van der Waals surface area contributed by atoms with Gasteiger partial charge in [-0.15, -0.1) is 17.9 Å². The normalized spacial score (nSPS) is 10.9. The lowest BCUT2D eigenvalue weighted by atomic mass is 10.2. The Morgan fingerprint density at radius 3 is 2.76 bits per heavy atom. The number of aliphatic carboxylic acids is 1. The zero-order valence-electron chi connectivity index (χ0n) is 12.9. The molecule has 25 heavy (non-hydrogen) atoms. The lowest BCUT2D eigenvalue weighted by Gasteiger charge is -2.11. The molecule has 0 unspecified atom stereocenters. The van der Waals surface area contributed by atoms with Gasteiger partial charge in [0, 0.05) is 0 Å². The maximum Gasteiger partial charge on any atom is 0.313 e. The van der Waals surface area contributed by atoms with Crippen molar-refractivity contribution in [1.82, 2.24) is 9.55 Å². The molecule has 3 aromatic rings. The van der Waals surface area contributed by atoms with E-state index in [2.05, 4.69) is 11.6 Å². The molecule has 0 atom stereocenters. The number of allylic oxidation sites excluding steroid dienone is 1. The van der Waals surface area contributed by atoms with Gasteiger partial charge >= 0.3 is 5.97 Å². The van der Waals surface area contributed by atoms with Gasteiger partial charge in [0.05, 0.1) is 16.8 Å². The largest absolute Gasteiger partial charge is 0.481 e. The van der Waals surface area contributed by atoms with Crippen molar-refractivity contribution in [3.63, 3.8) is 0 Å². The second kappa shape index (κ2) is 7.20. The van der Waals surface area contributed by atoms with Crippen LogP contribution < -0.4 is 5.56 Å². The third-order valence-corrected chi connectivity index (χ3v) is 5.27. The molecular formula is C17H13FN2O3S2. The van der Waals surface area contributed by atoms with Crippen molar-refractivity contribution in [2.24, 2.45) is 0 Å². The fourth-order valence-electron chi connectivity index (χ4n) is 2.38. The van der Waals surface area contributed by atoms with Gasteiger partial charge in [-0.05, 0) is 41.6 Å². The number of aromatic nitrogens is 2. The first-order chi connectivity index (χ1) is 12.0. The van der Waals surface area contributed by atoms with Crippen LogP contribution in [-0.4, -0.2) is 26.4 Å². The number of thioether (sulfide) groups is 1. The number of fused-ring (bicyclic) bond motifs is 1. The molecule has 0 bridgehead atoms. The molecule has 8 heteroatoms. The predicted octanol–water partition coefficient (Wildman–Crippen LogP) is 3.49. The number of rotatable bonds is 6. The first kappa shape index (κ1) is 17.4. The zero-order valence-corrected chi connectivity index (χ0v) is 14.6. The van der Waals surface area contributed by atoms with Crippen molar-refractivity contribution in [1.29, 1.82) is 0 Å². The minimum Gasteiger partial charge on any atom is -0.481 e. The summed E-state index contributed by atoms with van der Waals surface area (Å²) in [6, 6.07) is 5.43. The van der Waals surface area contributed by atoms with Crippen molar-refractivity contribution in [2.75, 3.05) is 5.75 Å². The Hall–Kier alpha value is -2.45. The van der Waals surface area contributed by atoms with Crippen LogP contribution in [0.5, 0.6) is 0 Å². The Morgan fingerprint density at radius 1 is 1.40 bits per heavy atom. The summed E-state index contributed by atoms with van der Waals surface area (Å²) in [6.07, 6.45) is 2.23. The van der Waals surface area contributed by atoms with E-state index in [9.17, 15) is 14.0 Å². The first-order valence-corrected chi connectivity index (χ1v) is 9.12.